The summed E-state index contributed by atoms with van der Waals surface area (Å²) in [5, 5.41) is 0. The number of hydrogen-bond acceptors (Lipinski definition) is 4. The maximum absolute atomic E-state index is 6.07. The molecule has 0 aliphatic carbocycles. The van der Waals surface area contributed by atoms with Crippen molar-refractivity contribution in [2.45, 2.75) is 31.5 Å². The first-order chi connectivity index (χ1) is 12.7. The summed E-state index contributed by atoms with van der Waals surface area (Å²) in [4.78, 5) is 4.89. The van der Waals surface area contributed by atoms with Crippen LogP contribution in [0, 0.1) is 0 Å². The van der Waals surface area contributed by atoms with Crippen molar-refractivity contribution in [2.24, 2.45) is 0 Å². The van der Waals surface area contributed by atoms with Gasteiger partial charge in [0.05, 0.1) is 0 Å². The van der Waals surface area contributed by atoms with Gasteiger partial charge in [0, 0.05) is 32.1 Å². The van der Waals surface area contributed by atoms with E-state index in [1.165, 1.54) is 30.6 Å². The molecule has 2 heterocycles. The lowest BCUT2D eigenvalue weighted by atomic mass is 10.1. The highest BCUT2D eigenvalue weighted by Crippen LogP contribution is 2.31. The molecule has 4 rings (SSSR count). The number of likely N-dealkylation sites (tertiary alicyclic amines) is 1. The normalized spacial score (nSPS) is 22.7. The van der Waals surface area contributed by atoms with Crippen LogP contribution in [-0.4, -0.2) is 55.7 Å². The van der Waals surface area contributed by atoms with Crippen LogP contribution < -0.4 is 9.47 Å². The number of benzene rings is 2. The van der Waals surface area contributed by atoms with E-state index in [9.17, 15) is 0 Å². The third-order valence-electron chi connectivity index (χ3n) is 5.44. The van der Waals surface area contributed by atoms with Gasteiger partial charge in [0.15, 0.2) is 11.5 Å². The van der Waals surface area contributed by atoms with Crippen LogP contribution in [0.1, 0.15) is 17.5 Å². The second-order valence-corrected chi connectivity index (χ2v) is 7.66. The first-order valence-electron chi connectivity index (χ1n) is 9.52. The number of likely N-dealkylation sites (N-methyl/N-ethyl adjacent to an activating group) is 1. The van der Waals surface area contributed by atoms with E-state index in [0.29, 0.717) is 12.6 Å². The van der Waals surface area contributed by atoms with Crippen LogP contribution in [0.4, 0.5) is 0 Å². The van der Waals surface area contributed by atoms with E-state index >= 15 is 0 Å². The Bertz CT molecular complexity index is 729. The Labute approximate surface area is 156 Å². The van der Waals surface area contributed by atoms with Crippen LogP contribution in [0.5, 0.6) is 11.5 Å². The second-order valence-electron chi connectivity index (χ2n) is 7.66. The summed E-state index contributed by atoms with van der Waals surface area (Å²) in [5.74, 6) is 1.70. The molecule has 2 aromatic carbocycles. The highest BCUT2D eigenvalue weighted by molar-refractivity contribution is 5.40. The molecule has 2 atom stereocenters. The smallest absolute Gasteiger partial charge is 0.161 e. The molecule has 0 N–H and O–H groups in total. The van der Waals surface area contributed by atoms with Crippen LogP contribution in [0.25, 0.3) is 0 Å². The van der Waals surface area contributed by atoms with E-state index in [1.807, 2.05) is 24.3 Å². The van der Waals surface area contributed by atoms with Crippen molar-refractivity contribution in [1.82, 2.24) is 9.80 Å². The molecule has 138 valence electrons. The first kappa shape index (κ1) is 17.4. The quantitative estimate of drug-likeness (QED) is 0.825. The predicted octanol–water partition coefficient (Wildman–Crippen LogP) is 3.21. The Morgan fingerprint density at radius 2 is 1.73 bits per heavy atom. The Morgan fingerprint density at radius 3 is 2.46 bits per heavy atom. The van der Waals surface area contributed by atoms with Crippen molar-refractivity contribution in [3.8, 4) is 11.5 Å². The van der Waals surface area contributed by atoms with Crippen molar-refractivity contribution in [3.05, 3.63) is 59.7 Å². The molecule has 26 heavy (non-hydrogen) atoms. The van der Waals surface area contributed by atoms with Crippen molar-refractivity contribution in [2.75, 3.05) is 33.8 Å². The first-order valence-corrected chi connectivity index (χ1v) is 9.52. The van der Waals surface area contributed by atoms with Gasteiger partial charge in [-0.15, -0.1) is 0 Å². The van der Waals surface area contributed by atoms with Gasteiger partial charge in [-0.25, -0.2) is 0 Å². The monoisotopic (exact) mass is 352 g/mol. The molecular formula is C22H28N2O2. The van der Waals surface area contributed by atoms with Crippen LogP contribution in [0.15, 0.2) is 48.5 Å². The number of fused-ring (bicyclic) bond motifs is 1. The number of rotatable bonds is 5. The zero-order valence-electron chi connectivity index (χ0n) is 15.7. The number of hydrogen-bond donors (Lipinski definition) is 0. The van der Waals surface area contributed by atoms with Gasteiger partial charge in [-0.3, -0.25) is 4.90 Å². The van der Waals surface area contributed by atoms with Gasteiger partial charge in [-0.05, 0) is 43.8 Å². The minimum atomic E-state index is 0.0789. The average molecular weight is 352 g/mol. The van der Waals surface area contributed by atoms with Crippen LogP contribution in [0.2, 0.25) is 0 Å². The van der Waals surface area contributed by atoms with Crippen molar-refractivity contribution < 1.29 is 9.47 Å². The highest BCUT2D eigenvalue weighted by atomic mass is 16.6. The number of ether oxygens (including phenoxy) is 2. The summed E-state index contributed by atoms with van der Waals surface area (Å²) in [6.45, 7) is 4.01. The van der Waals surface area contributed by atoms with E-state index in [2.05, 4.69) is 48.2 Å². The Balaban J connectivity index is 1.31. The molecule has 2 unspecified atom stereocenters. The zero-order chi connectivity index (χ0) is 17.9. The van der Waals surface area contributed by atoms with Gasteiger partial charge in [0.25, 0.3) is 0 Å². The van der Waals surface area contributed by atoms with Crippen LogP contribution in [-0.2, 0) is 13.0 Å². The van der Waals surface area contributed by atoms with Gasteiger partial charge in [-0.2, -0.15) is 0 Å². The van der Waals surface area contributed by atoms with Crippen molar-refractivity contribution in [3.63, 3.8) is 0 Å². The third kappa shape index (κ3) is 4.02. The van der Waals surface area contributed by atoms with Gasteiger partial charge >= 0.3 is 0 Å². The third-order valence-corrected chi connectivity index (χ3v) is 5.44. The predicted molar refractivity (Wildman–Crippen MR) is 104 cm³/mol. The van der Waals surface area contributed by atoms with Crippen molar-refractivity contribution in [1.29, 1.82) is 0 Å². The maximum Gasteiger partial charge on any atom is 0.161 e. The summed E-state index contributed by atoms with van der Waals surface area (Å²) in [6.07, 6.45) is 2.22. The summed E-state index contributed by atoms with van der Waals surface area (Å²) in [6, 6.07) is 17.6. The SMILES string of the molecule is CN(C)C1CCN(Cc2ccc(CC3COc4ccccc4O3)cc2)C1. The van der Waals surface area contributed by atoms with E-state index in [-0.39, 0.29) is 6.10 Å². The maximum atomic E-state index is 6.07. The fourth-order valence-corrected chi connectivity index (χ4v) is 3.84. The summed E-state index contributed by atoms with van der Waals surface area (Å²) in [7, 11) is 4.36. The molecule has 0 bridgehead atoms. The van der Waals surface area contributed by atoms with Crippen molar-refractivity contribution >= 4 is 0 Å². The second kappa shape index (κ2) is 7.68. The van der Waals surface area contributed by atoms with E-state index in [4.69, 9.17) is 9.47 Å². The molecule has 1 fully saturated rings. The van der Waals surface area contributed by atoms with Crippen LogP contribution >= 0.6 is 0 Å². The molecule has 2 aliphatic heterocycles. The zero-order valence-corrected chi connectivity index (χ0v) is 15.7. The van der Waals surface area contributed by atoms with E-state index < -0.39 is 0 Å². The molecular weight excluding hydrogens is 324 g/mol. The highest BCUT2D eigenvalue weighted by Gasteiger charge is 2.24. The summed E-state index contributed by atoms with van der Waals surface area (Å²) >= 11 is 0. The number of para-hydroxylation sites is 2. The topological polar surface area (TPSA) is 24.9 Å². The molecule has 2 aromatic rings. The largest absolute Gasteiger partial charge is 0.486 e. The van der Waals surface area contributed by atoms with Crippen LogP contribution in [0.3, 0.4) is 0 Å². The van der Waals surface area contributed by atoms with Gasteiger partial charge in [0.1, 0.15) is 12.7 Å². The lowest BCUT2D eigenvalue weighted by molar-refractivity contribution is 0.0913. The summed E-state index contributed by atoms with van der Waals surface area (Å²) < 4.78 is 11.9. The molecule has 4 heteroatoms. The van der Waals surface area contributed by atoms with Gasteiger partial charge in [-0.1, -0.05) is 36.4 Å². The fraction of sp³-hybridized carbons (Fsp3) is 0.455. The fourth-order valence-electron chi connectivity index (χ4n) is 3.84. The lowest BCUT2D eigenvalue weighted by Crippen LogP contribution is -2.31. The standard InChI is InChI=1S/C22H28N2O2/c1-23(2)19-11-12-24(15-19)14-18-9-7-17(8-10-18)13-20-16-25-21-5-3-4-6-22(21)26-20/h3-10,19-20H,11-16H2,1-2H3. The minimum Gasteiger partial charge on any atom is -0.486 e. The Kier molecular flexibility index (Phi) is 5.14. The molecule has 1 saturated heterocycles. The molecule has 0 saturated carbocycles. The van der Waals surface area contributed by atoms with Gasteiger partial charge < -0.3 is 14.4 Å². The average Bonchev–Trinajstić information content (AvgIpc) is 3.12. The summed E-state index contributed by atoms with van der Waals surface area (Å²) in [5.41, 5.74) is 2.69. The van der Waals surface area contributed by atoms with E-state index in [0.717, 1.165) is 24.5 Å². The Hall–Kier alpha value is -2.04. The molecule has 4 nitrogen and oxygen atoms in total. The Morgan fingerprint density at radius 1 is 1.00 bits per heavy atom. The molecule has 0 amide bonds. The molecule has 0 radical (unpaired) electrons. The molecule has 2 aliphatic rings. The number of nitrogens with zero attached hydrogens (tertiary/aromatic N) is 2. The lowest BCUT2D eigenvalue weighted by Gasteiger charge is -2.26. The van der Waals surface area contributed by atoms with Gasteiger partial charge in [0.2, 0.25) is 0 Å². The molecule has 0 aromatic heterocycles. The minimum absolute atomic E-state index is 0.0789. The van der Waals surface area contributed by atoms with E-state index in [1.54, 1.807) is 0 Å². The molecule has 0 spiro atoms.